The zero-order valence-corrected chi connectivity index (χ0v) is 16.2. The molecule has 28 heavy (non-hydrogen) atoms. The number of benzene rings is 2. The smallest absolute Gasteiger partial charge is 0.131 e. The van der Waals surface area contributed by atoms with Crippen LogP contribution in [0.3, 0.4) is 0 Å². The molecule has 1 aliphatic carbocycles. The number of aryl methyl sites for hydroxylation is 1. The number of halogens is 1. The molecule has 0 aliphatic heterocycles. The van der Waals surface area contributed by atoms with Crippen LogP contribution in [0.2, 0.25) is 5.02 Å². The molecule has 0 amide bonds. The van der Waals surface area contributed by atoms with Crippen molar-refractivity contribution in [3.63, 3.8) is 0 Å². The van der Waals surface area contributed by atoms with Crippen LogP contribution in [0.5, 0.6) is 5.75 Å². The zero-order chi connectivity index (χ0) is 19.3. The Morgan fingerprint density at radius 3 is 2.93 bits per heavy atom. The van der Waals surface area contributed by atoms with Crippen molar-refractivity contribution < 1.29 is 9.53 Å². The molecule has 1 unspecified atom stereocenters. The summed E-state index contributed by atoms with van der Waals surface area (Å²) in [6, 6.07) is 13.7. The Morgan fingerprint density at radius 2 is 2.14 bits per heavy atom. The van der Waals surface area contributed by atoms with E-state index in [0.717, 1.165) is 48.1 Å². The first-order valence-electron chi connectivity index (χ1n) is 9.35. The van der Waals surface area contributed by atoms with Gasteiger partial charge in [0.15, 0.2) is 0 Å². The van der Waals surface area contributed by atoms with Gasteiger partial charge in [-0.25, -0.2) is 4.98 Å². The van der Waals surface area contributed by atoms with Gasteiger partial charge >= 0.3 is 0 Å². The summed E-state index contributed by atoms with van der Waals surface area (Å²) in [6.07, 6.45) is 10.3. The predicted molar refractivity (Wildman–Crippen MR) is 111 cm³/mol. The van der Waals surface area contributed by atoms with Gasteiger partial charge in [0.2, 0.25) is 0 Å². The molecule has 1 aliphatic rings. The van der Waals surface area contributed by atoms with Gasteiger partial charge in [0.25, 0.3) is 0 Å². The summed E-state index contributed by atoms with van der Waals surface area (Å²) in [5.74, 6) is 0.619. The van der Waals surface area contributed by atoms with Crippen LogP contribution in [-0.2, 0) is 17.8 Å². The number of fused-ring (bicyclic) bond motifs is 1. The number of carbonyl (C=O) groups excluding carboxylic acids is 1. The number of nitrogens with zero attached hydrogens (tertiary/aromatic N) is 2. The van der Waals surface area contributed by atoms with Gasteiger partial charge in [-0.2, -0.15) is 0 Å². The normalized spacial score (nSPS) is 17.3. The molecule has 0 spiro atoms. The molecule has 1 aromatic heterocycles. The number of aldehydes is 1. The molecule has 3 aromatic rings. The number of hydrogen-bond donors (Lipinski definition) is 0. The molecule has 0 fully saturated rings. The quantitative estimate of drug-likeness (QED) is 0.559. The molecule has 4 nitrogen and oxygen atoms in total. The molecule has 5 heteroatoms. The molecule has 2 aromatic carbocycles. The minimum absolute atomic E-state index is 0.220. The van der Waals surface area contributed by atoms with E-state index in [1.165, 1.54) is 5.56 Å². The maximum Gasteiger partial charge on any atom is 0.131 e. The maximum absolute atomic E-state index is 11.9. The van der Waals surface area contributed by atoms with E-state index >= 15 is 0 Å². The molecule has 0 saturated carbocycles. The van der Waals surface area contributed by atoms with Crippen LogP contribution in [0.4, 0.5) is 0 Å². The van der Waals surface area contributed by atoms with Gasteiger partial charge < -0.3 is 14.1 Å². The topological polar surface area (TPSA) is 44.1 Å². The number of allylic oxidation sites excluding steroid dienone is 1. The van der Waals surface area contributed by atoms with Gasteiger partial charge in [-0.15, -0.1) is 0 Å². The second kappa shape index (κ2) is 8.44. The lowest BCUT2D eigenvalue weighted by Crippen LogP contribution is -2.14. The Labute approximate surface area is 169 Å². The van der Waals surface area contributed by atoms with E-state index in [-0.39, 0.29) is 5.92 Å². The molecule has 1 heterocycles. The summed E-state index contributed by atoms with van der Waals surface area (Å²) in [6.45, 7) is 1.33. The highest BCUT2D eigenvalue weighted by Gasteiger charge is 2.24. The van der Waals surface area contributed by atoms with E-state index < -0.39 is 0 Å². The van der Waals surface area contributed by atoms with Crippen LogP contribution in [0, 0.1) is 0 Å². The van der Waals surface area contributed by atoms with E-state index in [0.29, 0.717) is 11.6 Å². The van der Waals surface area contributed by atoms with Crippen molar-refractivity contribution >= 4 is 24.0 Å². The lowest BCUT2D eigenvalue weighted by molar-refractivity contribution is -0.108. The summed E-state index contributed by atoms with van der Waals surface area (Å²) in [4.78, 5) is 15.9. The highest BCUT2D eigenvalue weighted by Crippen LogP contribution is 2.37. The standard InChI is InChI=1S/C23H21ClN2O2/c24-20-3-1-2-17(13-20)12-18-4-5-19-14-21(6-7-22(19)23(18)15-27)28-11-10-26-9-8-25-16-26/h1-3,6-9,12-16,23H,4-5,10-11H2/b18-12+. The van der Waals surface area contributed by atoms with Crippen LogP contribution in [0.25, 0.3) is 6.08 Å². The minimum atomic E-state index is -0.220. The zero-order valence-electron chi connectivity index (χ0n) is 15.4. The number of rotatable bonds is 6. The second-order valence-electron chi connectivity index (χ2n) is 6.90. The molecule has 0 N–H and O–H groups in total. The molecular weight excluding hydrogens is 372 g/mol. The van der Waals surface area contributed by atoms with Gasteiger partial charge in [-0.05, 0) is 53.8 Å². The number of aromatic nitrogens is 2. The van der Waals surface area contributed by atoms with Crippen LogP contribution in [0.15, 0.2) is 66.8 Å². The Kier molecular flexibility index (Phi) is 5.58. The Balaban J connectivity index is 1.50. The fourth-order valence-corrected chi connectivity index (χ4v) is 3.85. The van der Waals surface area contributed by atoms with E-state index in [1.807, 2.05) is 47.2 Å². The van der Waals surface area contributed by atoms with Crippen LogP contribution < -0.4 is 4.74 Å². The third-order valence-corrected chi connectivity index (χ3v) is 5.28. The maximum atomic E-state index is 11.9. The molecule has 4 rings (SSSR count). The van der Waals surface area contributed by atoms with Gasteiger partial charge in [0.1, 0.15) is 18.6 Å². The van der Waals surface area contributed by atoms with E-state index in [9.17, 15) is 4.79 Å². The molecule has 0 radical (unpaired) electrons. The number of carbonyl (C=O) groups is 1. The number of hydrogen-bond acceptors (Lipinski definition) is 3. The molecular formula is C23H21ClN2O2. The Hall–Kier alpha value is -2.85. The summed E-state index contributed by atoms with van der Waals surface area (Å²) in [7, 11) is 0. The summed E-state index contributed by atoms with van der Waals surface area (Å²) >= 11 is 6.09. The van der Waals surface area contributed by atoms with Gasteiger partial charge in [0, 0.05) is 17.4 Å². The van der Waals surface area contributed by atoms with E-state index in [1.54, 1.807) is 12.5 Å². The first-order chi connectivity index (χ1) is 13.7. The van der Waals surface area contributed by atoms with Crippen LogP contribution in [0.1, 0.15) is 29.0 Å². The van der Waals surface area contributed by atoms with Crippen LogP contribution >= 0.6 is 11.6 Å². The van der Waals surface area contributed by atoms with Crippen molar-refractivity contribution in [2.75, 3.05) is 6.61 Å². The van der Waals surface area contributed by atoms with Crippen molar-refractivity contribution in [3.8, 4) is 5.75 Å². The predicted octanol–water partition coefficient (Wildman–Crippen LogP) is 4.93. The van der Waals surface area contributed by atoms with Gasteiger partial charge in [-0.3, -0.25) is 0 Å². The lowest BCUT2D eigenvalue weighted by Gasteiger charge is -2.25. The highest BCUT2D eigenvalue weighted by atomic mass is 35.5. The monoisotopic (exact) mass is 392 g/mol. The molecule has 0 bridgehead atoms. The Bertz CT molecular complexity index is 996. The van der Waals surface area contributed by atoms with Crippen molar-refractivity contribution in [2.24, 2.45) is 0 Å². The molecule has 1 atom stereocenters. The molecule has 0 saturated heterocycles. The molecule has 142 valence electrons. The lowest BCUT2D eigenvalue weighted by atomic mass is 9.79. The minimum Gasteiger partial charge on any atom is -0.492 e. The number of imidazole rings is 1. The number of ether oxygens (including phenoxy) is 1. The van der Waals surface area contributed by atoms with Gasteiger partial charge in [0.05, 0.1) is 18.8 Å². The van der Waals surface area contributed by atoms with Crippen molar-refractivity contribution in [1.29, 1.82) is 0 Å². The summed E-state index contributed by atoms with van der Waals surface area (Å²) in [5.41, 5.74) is 4.40. The van der Waals surface area contributed by atoms with Gasteiger partial charge in [-0.1, -0.05) is 41.4 Å². The van der Waals surface area contributed by atoms with Crippen molar-refractivity contribution in [1.82, 2.24) is 9.55 Å². The first kappa shape index (κ1) is 18.5. The average molecular weight is 393 g/mol. The van der Waals surface area contributed by atoms with E-state index in [4.69, 9.17) is 16.3 Å². The fraction of sp³-hybridized carbons (Fsp3) is 0.217. The Morgan fingerprint density at radius 1 is 1.21 bits per heavy atom. The van der Waals surface area contributed by atoms with Crippen molar-refractivity contribution in [3.05, 3.63) is 88.5 Å². The third kappa shape index (κ3) is 4.18. The second-order valence-corrected chi connectivity index (χ2v) is 7.33. The van der Waals surface area contributed by atoms with Crippen molar-refractivity contribution in [2.45, 2.75) is 25.3 Å². The largest absolute Gasteiger partial charge is 0.492 e. The first-order valence-corrected chi connectivity index (χ1v) is 9.73. The highest BCUT2D eigenvalue weighted by molar-refractivity contribution is 6.30. The summed E-state index contributed by atoms with van der Waals surface area (Å²) in [5, 5.41) is 0.700. The fourth-order valence-electron chi connectivity index (χ4n) is 3.65. The average Bonchev–Trinajstić information content (AvgIpc) is 3.21. The summed E-state index contributed by atoms with van der Waals surface area (Å²) < 4.78 is 7.86. The van der Waals surface area contributed by atoms with E-state index in [2.05, 4.69) is 17.1 Å². The third-order valence-electron chi connectivity index (χ3n) is 5.05. The van der Waals surface area contributed by atoms with Crippen LogP contribution in [-0.4, -0.2) is 22.4 Å². The SMILES string of the molecule is O=CC1/C(=C/c2cccc(Cl)c2)CCc2cc(OCCn3ccnc3)ccc21.